The quantitative estimate of drug-likeness (QED) is 0.229. The third-order valence-electron chi connectivity index (χ3n) is 6.91. The molecule has 33 heavy (non-hydrogen) atoms. The van der Waals surface area contributed by atoms with Crippen LogP contribution < -0.4 is 0 Å². The van der Waals surface area contributed by atoms with Crippen molar-refractivity contribution in [1.29, 1.82) is 0 Å². The van der Waals surface area contributed by atoms with Crippen molar-refractivity contribution >= 4 is 15.9 Å². The molecule has 0 radical (unpaired) electrons. The van der Waals surface area contributed by atoms with Gasteiger partial charge in [-0.1, -0.05) is 131 Å². The molecule has 1 aliphatic carbocycles. The van der Waals surface area contributed by atoms with Gasteiger partial charge in [0.2, 0.25) is 0 Å². The number of hydrogen-bond acceptors (Lipinski definition) is 0. The average Bonchev–Trinajstić information content (AvgIpc) is 2.97. The van der Waals surface area contributed by atoms with E-state index in [0.29, 0.717) is 0 Å². The van der Waals surface area contributed by atoms with Crippen molar-refractivity contribution in [3.05, 3.63) is 154 Å². The molecule has 0 spiro atoms. The zero-order valence-electron chi connectivity index (χ0n) is 18.4. The lowest BCUT2D eigenvalue weighted by molar-refractivity contribution is 0.750. The van der Waals surface area contributed by atoms with E-state index in [2.05, 4.69) is 144 Å². The van der Waals surface area contributed by atoms with Crippen molar-refractivity contribution < 1.29 is 0 Å². The second kappa shape index (κ2) is 7.86. The summed E-state index contributed by atoms with van der Waals surface area (Å²) in [4.78, 5) is 0. The average molecular weight is 487 g/mol. The Kier molecular flexibility index (Phi) is 4.81. The molecule has 0 bridgehead atoms. The number of rotatable bonds is 2. The summed E-state index contributed by atoms with van der Waals surface area (Å²) in [5, 5.41) is 0. The van der Waals surface area contributed by atoms with Gasteiger partial charge in [0, 0.05) is 4.47 Å². The van der Waals surface area contributed by atoms with E-state index < -0.39 is 5.41 Å². The Hall–Kier alpha value is -3.42. The van der Waals surface area contributed by atoms with Crippen LogP contribution in [0.25, 0.3) is 22.3 Å². The van der Waals surface area contributed by atoms with Crippen LogP contribution in [0.5, 0.6) is 0 Å². The summed E-state index contributed by atoms with van der Waals surface area (Å²) in [6.07, 6.45) is 0. The number of halogens is 1. The number of hydrogen-bond donors (Lipinski definition) is 0. The van der Waals surface area contributed by atoms with Crippen LogP contribution in [-0.2, 0) is 5.41 Å². The summed E-state index contributed by atoms with van der Waals surface area (Å²) in [5.41, 5.74) is 11.1. The first-order chi connectivity index (χ1) is 16.2. The van der Waals surface area contributed by atoms with Crippen LogP contribution in [-0.4, -0.2) is 0 Å². The normalized spacial score (nSPS) is 13.4. The van der Waals surface area contributed by atoms with Gasteiger partial charge in [0.15, 0.2) is 0 Å². The van der Waals surface area contributed by atoms with E-state index in [-0.39, 0.29) is 0 Å². The summed E-state index contributed by atoms with van der Waals surface area (Å²) < 4.78 is 1.09. The summed E-state index contributed by atoms with van der Waals surface area (Å²) in [6, 6.07) is 44.6. The molecule has 0 nitrogen and oxygen atoms in total. The molecule has 1 aliphatic rings. The molecule has 0 N–H and O–H groups in total. The Balaban J connectivity index is 1.88. The Morgan fingerprint density at radius 1 is 0.485 bits per heavy atom. The Morgan fingerprint density at radius 2 is 1.00 bits per heavy atom. The van der Waals surface area contributed by atoms with Crippen molar-refractivity contribution in [3.8, 4) is 22.3 Å². The van der Waals surface area contributed by atoms with Crippen LogP contribution in [0.3, 0.4) is 0 Å². The molecule has 0 aromatic heterocycles. The summed E-state index contributed by atoms with van der Waals surface area (Å²) >= 11 is 3.76. The number of fused-ring (bicyclic) bond motifs is 5. The van der Waals surface area contributed by atoms with Gasteiger partial charge < -0.3 is 0 Å². The minimum absolute atomic E-state index is 0.455. The van der Waals surface area contributed by atoms with Crippen molar-refractivity contribution in [2.45, 2.75) is 12.3 Å². The largest absolute Gasteiger partial charge is 0.0713 e. The van der Waals surface area contributed by atoms with Gasteiger partial charge in [-0.2, -0.15) is 0 Å². The van der Waals surface area contributed by atoms with E-state index in [0.717, 1.165) is 4.47 Å². The molecule has 0 saturated heterocycles. The molecule has 5 aromatic carbocycles. The van der Waals surface area contributed by atoms with Gasteiger partial charge >= 0.3 is 0 Å². The summed E-state index contributed by atoms with van der Waals surface area (Å²) in [7, 11) is 0. The second-order valence-corrected chi connectivity index (χ2v) is 9.68. The molecule has 1 heteroatoms. The van der Waals surface area contributed by atoms with Crippen molar-refractivity contribution in [2.24, 2.45) is 0 Å². The molecular formula is C32H23Br. The maximum atomic E-state index is 3.76. The third kappa shape index (κ3) is 3.03. The van der Waals surface area contributed by atoms with Crippen LogP contribution in [0.2, 0.25) is 0 Å². The third-order valence-corrected chi connectivity index (χ3v) is 7.41. The van der Waals surface area contributed by atoms with E-state index in [1.807, 2.05) is 0 Å². The topological polar surface area (TPSA) is 0 Å². The summed E-state index contributed by atoms with van der Waals surface area (Å²) in [6.45, 7) is 2.15. The molecule has 0 unspecified atom stereocenters. The van der Waals surface area contributed by atoms with E-state index in [1.54, 1.807) is 0 Å². The molecule has 0 saturated carbocycles. The summed E-state index contributed by atoms with van der Waals surface area (Å²) in [5.74, 6) is 0. The van der Waals surface area contributed by atoms with Crippen LogP contribution in [0, 0.1) is 6.92 Å². The Labute approximate surface area is 203 Å². The van der Waals surface area contributed by atoms with E-state index in [1.165, 1.54) is 50.1 Å². The van der Waals surface area contributed by atoms with Gasteiger partial charge in [-0.15, -0.1) is 0 Å². The minimum Gasteiger partial charge on any atom is -0.0619 e. The van der Waals surface area contributed by atoms with E-state index in [9.17, 15) is 0 Å². The fourth-order valence-corrected chi connectivity index (χ4v) is 5.90. The first kappa shape index (κ1) is 20.2. The molecule has 0 aliphatic heterocycles. The minimum atomic E-state index is -0.455. The maximum absolute atomic E-state index is 3.76. The predicted molar refractivity (Wildman–Crippen MR) is 142 cm³/mol. The highest BCUT2D eigenvalue weighted by molar-refractivity contribution is 9.10. The van der Waals surface area contributed by atoms with Gasteiger partial charge in [0.1, 0.15) is 0 Å². The van der Waals surface area contributed by atoms with E-state index in [4.69, 9.17) is 0 Å². The van der Waals surface area contributed by atoms with Gasteiger partial charge in [-0.3, -0.25) is 0 Å². The smallest absolute Gasteiger partial charge is 0.0619 e. The molecule has 5 aromatic rings. The maximum Gasteiger partial charge on any atom is 0.0713 e. The number of benzene rings is 5. The number of aryl methyl sites for hydroxylation is 1. The lowest BCUT2D eigenvalue weighted by atomic mass is 9.63. The zero-order chi connectivity index (χ0) is 22.4. The highest BCUT2D eigenvalue weighted by atomic mass is 79.9. The zero-order valence-corrected chi connectivity index (χ0v) is 20.0. The molecule has 0 atom stereocenters. The predicted octanol–water partition coefficient (Wildman–Crippen LogP) is 8.79. The highest BCUT2D eigenvalue weighted by Crippen LogP contribution is 2.54. The lowest BCUT2D eigenvalue weighted by Crippen LogP contribution is -2.31. The SMILES string of the molecule is Cc1ccc(C2(c3cccc(Br)c3)c3ccccc3-c3ccccc3-c3ccccc32)cc1. The lowest BCUT2D eigenvalue weighted by Gasteiger charge is -2.38. The Morgan fingerprint density at radius 3 is 1.55 bits per heavy atom. The molecule has 6 rings (SSSR count). The first-order valence-corrected chi connectivity index (χ1v) is 12.1. The van der Waals surface area contributed by atoms with Gasteiger partial charge in [0.05, 0.1) is 5.41 Å². The fraction of sp³-hybridized carbons (Fsp3) is 0.0625. The first-order valence-electron chi connectivity index (χ1n) is 11.3. The molecule has 0 heterocycles. The van der Waals surface area contributed by atoms with Gasteiger partial charge in [-0.25, -0.2) is 0 Å². The van der Waals surface area contributed by atoms with Gasteiger partial charge in [0.25, 0.3) is 0 Å². The molecule has 0 amide bonds. The standard InChI is InChI=1S/C32H23Br/c1-22-17-19-23(20-18-22)32(24-9-8-10-25(33)21-24)30-15-6-4-13-28(30)26-11-2-3-12-27(26)29-14-5-7-16-31(29)32/h2-21H,1H3. The fourth-order valence-electron chi connectivity index (χ4n) is 5.50. The van der Waals surface area contributed by atoms with Crippen molar-refractivity contribution in [3.63, 3.8) is 0 Å². The molecule has 158 valence electrons. The molecule has 0 fully saturated rings. The monoisotopic (exact) mass is 486 g/mol. The Bertz CT molecular complexity index is 1410. The van der Waals surface area contributed by atoms with E-state index >= 15 is 0 Å². The van der Waals surface area contributed by atoms with Crippen LogP contribution in [0.15, 0.2) is 126 Å². The molecular weight excluding hydrogens is 464 g/mol. The van der Waals surface area contributed by atoms with Crippen LogP contribution in [0.4, 0.5) is 0 Å². The highest BCUT2D eigenvalue weighted by Gasteiger charge is 2.43. The van der Waals surface area contributed by atoms with Crippen LogP contribution in [0.1, 0.15) is 27.8 Å². The second-order valence-electron chi connectivity index (χ2n) is 8.76. The van der Waals surface area contributed by atoms with Crippen molar-refractivity contribution in [1.82, 2.24) is 0 Å². The van der Waals surface area contributed by atoms with Gasteiger partial charge in [-0.05, 0) is 63.6 Å². The van der Waals surface area contributed by atoms with Crippen molar-refractivity contribution in [2.75, 3.05) is 0 Å². The van der Waals surface area contributed by atoms with Crippen LogP contribution >= 0.6 is 15.9 Å².